The lowest BCUT2D eigenvalue weighted by Gasteiger charge is -2.03. The fraction of sp³-hybridized carbons (Fsp3) is 0.118. The molecule has 0 aliphatic carbocycles. The first kappa shape index (κ1) is 14.0. The van der Waals surface area contributed by atoms with Gasteiger partial charge in [0.25, 0.3) is 0 Å². The van der Waals surface area contributed by atoms with Crippen LogP contribution in [0.25, 0.3) is 27.9 Å². The number of hydrogen-bond acceptors (Lipinski definition) is 4. The van der Waals surface area contributed by atoms with E-state index in [4.69, 9.17) is 16.3 Å². The van der Waals surface area contributed by atoms with Gasteiger partial charge in [0.1, 0.15) is 5.75 Å². The van der Waals surface area contributed by atoms with E-state index in [0.29, 0.717) is 16.8 Å². The van der Waals surface area contributed by atoms with Crippen LogP contribution in [0.4, 0.5) is 0 Å². The average molecular weight is 325 g/mol. The maximum atomic E-state index is 6.29. The van der Waals surface area contributed by atoms with Gasteiger partial charge in [-0.15, -0.1) is 5.10 Å². The number of halogens is 1. The number of aryl methyl sites for hydroxylation is 1. The maximum Gasteiger partial charge on any atom is 0.226 e. The molecular formula is C17H13ClN4O. The van der Waals surface area contributed by atoms with E-state index in [1.54, 1.807) is 11.6 Å². The number of ether oxygens (including phenoxy) is 1. The molecule has 0 radical (unpaired) electrons. The lowest BCUT2D eigenvalue weighted by molar-refractivity contribution is 0.415. The van der Waals surface area contributed by atoms with Crippen LogP contribution in [0, 0.1) is 6.92 Å². The van der Waals surface area contributed by atoms with E-state index >= 15 is 0 Å². The van der Waals surface area contributed by atoms with Gasteiger partial charge >= 0.3 is 0 Å². The van der Waals surface area contributed by atoms with Gasteiger partial charge in [-0.2, -0.15) is 4.52 Å². The summed E-state index contributed by atoms with van der Waals surface area (Å²) < 4.78 is 6.83. The molecule has 0 aliphatic rings. The number of rotatable bonds is 2. The Morgan fingerprint density at radius 2 is 1.91 bits per heavy atom. The highest BCUT2D eigenvalue weighted by Gasteiger charge is 2.14. The van der Waals surface area contributed by atoms with E-state index in [-0.39, 0.29) is 0 Å². The molecule has 0 saturated carbocycles. The van der Waals surface area contributed by atoms with Crippen molar-refractivity contribution < 1.29 is 4.74 Å². The molecular weight excluding hydrogens is 312 g/mol. The van der Waals surface area contributed by atoms with E-state index in [1.807, 2.05) is 49.4 Å². The molecule has 0 N–H and O–H groups in total. The molecule has 0 amide bonds. The predicted octanol–water partition coefficient (Wildman–Crippen LogP) is 3.91. The SMILES string of the molecule is COc1cccc(-c2nc3c4cccc(C)c4nc(Cl)n3n2)c1. The zero-order valence-electron chi connectivity index (χ0n) is 12.6. The molecule has 0 saturated heterocycles. The number of fused-ring (bicyclic) bond motifs is 3. The average Bonchev–Trinajstić information content (AvgIpc) is 3.02. The largest absolute Gasteiger partial charge is 0.497 e. The van der Waals surface area contributed by atoms with E-state index in [2.05, 4.69) is 15.1 Å². The molecule has 0 bridgehead atoms. The van der Waals surface area contributed by atoms with Crippen LogP contribution in [-0.2, 0) is 0 Å². The molecule has 0 fully saturated rings. The second-order valence-electron chi connectivity index (χ2n) is 5.25. The zero-order valence-corrected chi connectivity index (χ0v) is 13.4. The van der Waals surface area contributed by atoms with Gasteiger partial charge in [-0.1, -0.05) is 24.3 Å². The van der Waals surface area contributed by atoms with Crippen LogP contribution in [0.2, 0.25) is 5.28 Å². The predicted molar refractivity (Wildman–Crippen MR) is 90.0 cm³/mol. The number of benzene rings is 2. The van der Waals surface area contributed by atoms with Crippen molar-refractivity contribution in [2.24, 2.45) is 0 Å². The number of hydrogen-bond donors (Lipinski definition) is 0. The molecule has 5 nitrogen and oxygen atoms in total. The summed E-state index contributed by atoms with van der Waals surface area (Å²) in [4.78, 5) is 9.11. The van der Waals surface area contributed by atoms with Gasteiger partial charge in [0, 0.05) is 10.9 Å². The van der Waals surface area contributed by atoms with Crippen molar-refractivity contribution in [2.75, 3.05) is 7.11 Å². The van der Waals surface area contributed by atoms with Crippen molar-refractivity contribution in [1.29, 1.82) is 0 Å². The van der Waals surface area contributed by atoms with E-state index < -0.39 is 0 Å². The van der Waals surface area contributed by atoms with Crippen LogP contribution in [0.3, 0.4) is 0 Å². The first-order chi connectivity index (χ1) is 11.2. The highest BCUT2D eigenvalue weighted by molar-refractivity contribution is 6.29. The van der Waals surface area contributed by atoms with Crippen molar-refractivity contribution in [3.63, 3.8) is 0 Å². The summed E-state index contributed by atoms with van der Waals surface area (Å²) in [5, 5.41) is 5.72. The Bertz CT molecular complexity index is 1040. The Labute approximate surface area is 137 Å². The van der Waals surface area contributed by atoms with E-state index in [0.717, 1.165) is 27.8 Å². The van der Waals surface area contributed by atoms with Crippen LogP contribution in [0.5, 0.6) is 5.75 Å². The molecule has 0 unspecified atom stereocenters. The molecule has 4 aromatic rings. The van der Waals surface area contributed by atoms with E-state index in [1.165, 1.54) is 0 Å². The summed E-state index contributed by atoms with van der Waals surface area (Å²) in [6.07, 6.45) is 0. The van der Waals surface area contributed by atoms with Gasteiger partial charge in [0.05, 0.1) is 12.6 Å². The topological polar surface area (TPSA) is 52.3 Å². The Morgan fingerprint density at radius 1 is 1.09 bits per heavy atom. The standard InChI is InChI=1S/C17H13ClN4O/c1-10-5-3-8-13-14(10)19-17(18)22-16(13)20-15(21-22)11-6-4-7-12(9-11)23-2/h3-9H,1-2H3. The fourth-order valence-corrected chi connectivity index (χ4v) is 2.83. The normalized spacial score (nSPS) is 11.3. The second-order valence-corrected chi connectivity index (χ2v) is 5.59. The molecule has 4 rings (SSSR count). The Morgan fingerprint density at radius 3 is 2.74 bits per heavy atom. The summed E-state index contributed by atoms with van der Waals surface area (Å²) in [7, 11) is 1.63. The molecule has 23 heavy (non-hydrogen) atoms. The Hall–Kier alpha value is -2.66. The molecule has 2 heterocycles. The highest BCUT2D eigenvalue weighted by atomic mass is 35.5. The monoisotopic (exact) mass is 324 g/mol. The number of methoxy groups -OCH3 is 1. The molecule has 2 aromatic heterocycles. The first-order valence-electron chi connectivity index (χ1n) is 7.13. The Kier molecular flexibility index (Phi) is 3.16. The summed E-state index contributed by atoms with van der Waals surface area (Å²) in [6, 6.07) is 13.6. The van der Waals surface area contributed by atoms with Gasteiger partial charge in [-0.3, -0.25) is 0 Å². The van der Waals surface area contributed by atoms with E-state index in [9.17, 15) is 0 Å². The molecule has 6 heteroatoms. The van der Waals surface area contributed by atoms with Gasteiger partial charge in [0.15, 0.2) is 11.5 Å². The van der Waals surface area contributed by atoms with Crippen molar-refractivity contribution in [2.45, 2.75) is 6.92 Å². The van der Waals surface area contributed by atoms with Gasteiger partial charge < -0.3 is 4.74 Å². The molecule has 0 aliphatic heterocycles. The molecule has 0 atom stereocenters. The third kappa shape index (κ3) is 2.21. The number of nitrogens with zero attached hydrogens (tertiary/aromatic N) is 4. The molecule has 2 aromatic carbocycles. The zero-order chi connectivity index (χ0) is 16.0. The third-order valence-corrected chi connectivity index (χ3v) is 4.04. The smallest absolute Gasteiger partial charge is 0.226 e. The van der Waals surface area contributed by atoms with Crippen LogP contribution >= 0.6 is 11.6 Å². The summed E-state index contributed by atoms with van der Waals surface area (Å²) >= 11 is 6.29. The third-order valence-electron chi connectivity index (χ3n) is 3.79. The minimum atomic E-state index is 0.295. The van der Waals surface area contributed by atoms with Gasteiger partial charge in [-0.25, -0.2) is 9.97 Å². The van der Waals surface area contributed by atoms with Gasteiger partial charge in [0.2, 0.25) is 5.28 Å². The van der Waals surface area contributed by atoms with Crippen LogP contribution in [0.1, 0.15) is 5.56 Å². The summed E-state index contributed by atoms with van der Waals surface area (Å²) in [5.41, 5.74) is 3.46. The highest BCUT2D eigenvalue weighted by Crippen LogP contribution is 2.27. The minimum absolute atomic E-state index is 0.295. The van der Waals surface area contributed by atoms with Crippen molar-refractivity contribution >= 4 is 28.2 Å². The fourth-order valence-electron chi connectivity index (χ4n) is 2.63. The quantitative estimate of drug-likeness (QED) is 0.524. The summed E-state index contributed by atoms with van der Waals surface area (Å²) in [6.45, 7) is 2.00. The maximum absolute atomic E-state index is 6.29. The van der Waals surface area contributed by atoms with Crippen LogP contribution in [-0.4, -0.2) is 26.7 Å². The van der Waals surface area contributed by atoms with Crippen molar-refractivity contribution in [3.05, 3.63) is 53.3 Å². The van der Waals surface area contributed by atoms with Crippen molar-refractivity contribution in [3.8, 4) is 17.1 Å². The number of para-hydroxylation sites is 1. The molecule has 114 valence electrons. The lowest BCUT2D eigenvalue weighted by Crippen LogP contribution is -1.96. The second kappa shape index (κ2) is 5.21. The Balaban J connectivity index is 2.02. The van der Waals surface area contributed by atoms with Gasteiger partial charge in [-0.05, 0) is 42.3 Å². The minimum Gasteiger partial charge on any atom is -0.497 e. The van der Waals surface area contributed by atoms with Crippen molar-refractivity contribution in [1.82, 2.24) is 19.6 Å². The summed E-state index contributed by atoms with van der Waals surface area (Å²) in [5.74, 6) is 1.34. The first-order valence-corrected chi connectivity index (χ1v) is 7.51. The molecule has 0 spiro atoms. The van der Waals surface area contributed by atoms with Crippen LogP contribution in [0.15, 0.2) is 42.5 Å². The lowest BCUT2D eigenvalue weighted by atomic mass is 10.1. The van der Waals surface area contributed by atoms with Crippen LogP contribution < -0.4 is 4.74 Å². The number of aromatic nitrogens is 4.